The monoisotopic (exact) mass is 330 g/mol. The lowest BCUT2D eigenvalue weighted by atomic mass is 10.2. The molecule has 0 amide bonds. The Morgan fingerprint density at radius 1 is 1.20 bits per heavy atom. The van der Waals surface area contributed by atoms with Gasteiger partial charge in [0.15, 0.2) is 0 Å². The van der Waals surface area contributed by atoms with Crippen molar-refractivity contribution in [3.05, 3.63) is 51.2 Å². The molecule has 0 atom stereocenters. The van der Waals surface area contributed by atoms with Gasteiger partial charge in [-0.3, -0.25) is 0 Å². The van der Waals surface area contributed by atoms with E-state index in [2.05, 4.69) is 10.0 Å². The van der Waals surface area contributed by atoms with Crippen molar-refractivity contribution in [2.24, 2.45) is 0 Å². The molecule has 0 fully saturated rings. The van der Waals surface area contributed by atoms with Crippen molar-refractivity contribution in [2.45, 2.75) is 18.0 Å². The summed E-state index contributed by atoms with van der Waals surface area (Å²) in [5.74, 6) is 0. The second-order valence-corrected chi connectivity index (χ2v) is 7.17. The highest BCUT2D eigenvalue weighted by Gasteiger charge is 2.18. The number of sulfonamides is 1. The van der Waals surface area contributed by atoms with Crippen LogP contribution in [0.25, 0.3) is 0 Å². The molecule has 1 heterocycles. The summed E-state index contributed by atoms with van der Waals surface area (Å²) in [5, 5.41) is 7.02. The number of hydrogen-bond acceptors (Lipinski definition) is 4. The third-order valence-electron chi connectivity index (χ3n) is 2.71. The molecular weight excluding hydrogens is 316 g/mol. The van der Waals surface area contributed by atoms with Crippen LogP contribution in [0.5, 0.6) is 0 Å². The van der Waals surface area contributed by atoms with Gasteiger partial charge in [-0.2, -0.15) is 11.3 Å². The molecule has 2 N–H and O–H groups in total. The third kappa shape index (κ3) is 3.80. The Morgan fingerprint density at radius 2 is 2.00 bits per heavy atom. The van der Waals surface area contributed by atoms with E-state index >= 15 is 0 Å². The summed E-state index contributed by atoms with van der Waals surface area (Å²) in [6.45, 7) is 0.850. The minimum absolute atomic E-state index is 0.113. The van der Waals surface area contributed by atoms with Crippen LogP contribution in [0.3, 0.4) is 0 Å². The maximum absolute atomic E-state index is 12.3. The number of hydrogen-bond donors (Lipinski definition) is 2. The largest absolute Gasteiger partial charge is 0.316 e. The molecule has 0 aliphatic rings. The van der Waals surface area contributed by atoms with E-state index in [1.807, 2.05) is 16.8 Å². The van der Waals surface area contributed by atoms with Gasteiger partial charge in [0.25, 0.3) is 0 Å². The Labute approximate surface area is 127 Å². The number of halogens is 1. The van der Waals surface area contributed by atoms with Crippen LogP contribution in [-0.2, 0) is 23.1 Å². The maximum atomic E-state index is 12.3. The van der Waals surface area contributed by atoms with Gasteiger partial charge < -0.3 is 5.32 Å². The minimum Gasteiger partial charge on any atom is -0.316 e. The highest BCUT2D eigenvalue weighted by molar-refractivity contribution is 7.89. The van der Waals surface area contributed by atoms with E-state index in [0.29, 0.717) is 6.54 Å². The second kappa shape index (κ2) is 6.69. The lowest BCUT2D eigenvalue weighted by molar-refractivity contribution is 0.581. The molecule has 0 saturated carbocycles. The molecule has 0 spiro atoms. The van der Waals surface area contributed by atoms with Crippen molar-refractivity contribution in [1.82, 2.24) is 10.0 Å². The summed E-state index contributed by atoms with van der Waals surface area (Å²) in [5.41, 5.74) is 1.80. The fraction of sp³-hybridized carbons (Fsp3) is 0.231. The van der Waals surface area contributed by atoms with Crippen molar-refractivity contribution in [3.8, 4) is 0 Å². The van der Waals surface area contributed by atoms with Gasteiger partial charge in [0.2, 0.25) is 10.0 Å². The first-order chi connectivity index (χ1) is 9.53. The summed E-state index contributed by atoms with van der Waals surface area (Å²) < 4.78 is 27.1. The van der Waals surface area contributed by atoms with Crippen molar-refractivity contribution in [3.63, 3.8) is 0 Å². The van der Waals surface area contributed by atoms with Crippen LogP contribution in [0.2, 0.25) is 5.02 Å². The first kappa shape index (κ1) is 15.5. The molecule has 4 nitrogen and oxygen atoms in total. The molecule has 0 bridgehead atoms. The summed E-state index contributed by atoms with van der Waals surface area (Å²) in [6.07, 6.45) is 0. The molecule has 0 aliphatic carbocycles. The summed E-state index contributed by atoms with van der Waals surface area (Å²) in [4.78, 5) is 0.113. The predicted molar refractivity (Wildman–Crippen MR) is 82.6 cm³/mol. The zero-order valence-corrected chi connectivity index (χ0v) is 13.3. The Kier molecular flexibility index (Phi) is 5.17. The molecule has 0 saturated heterocycles. The average molecular weight is 331 g/mol. The fourth-order valence-electron chi connectivity index (χ4n) is 1.72. The first-order valence-corrected chi connectivity index (χ1v) is 8.77. The van der Waals surface area contributed by atoms with Crippen LogP contribution in [-0.4, -0.2) is 15.5 Å². The molecule has 0 aliphatic heterocycles. The molecule has 2 rings (SSSR count). The van der Waals surface area contributed by atoms with Crippen molar-refractivity contribution in [1.29, 1.82) is 0 Å². The first-order valence-electron chi connectivity index (χ1n) is 5.96. The van der Waals surface area contributed by atoms with Crippen molar-refractivity contribution >= 4 is 33.0 Å². The molecule has 20 heavy (non-hydrogen) atoms. The number of nitrogens with one attached hydrogen (secondary N) is 2. The zero-order valence-electron chi connectivity index (χ0n) is 10.9. The molecule has 1 aromatic carbocycles. The normalized spacial score (nSPS) is 11.7. The van der Waals surface area contributed by atoms with E-state index in [4.69, 9.17) is 11.6 Å². The van der Waals surface area contributed by atoms with Crippen LogP contribution in [0, 0.1) is 0 Å². The van der Waals surface area contributed by atoms with E-state index in [0.717, 1.165) is 11.1 Å². The summed E-state index contributed by atoms with van der Waals surface area (Å²) in [6, 6.07) is 6.88. The van der Waals surface area contributed by atoms with E-state index in [1.165, 1.54) is 11.3 Å². The van der Waals surface area contributed by atoms with E-state index in [1.54, 1.807) is 25.2 Å². The summed E-state index contributed by atoms with van der Waals surface area (Å²) >= 11 is 7.53. The van der Waals surface area contributed by atoms with Gasteiger partial charge in [0.1, 0.15) is 4.90 Å². The van der Waals surface area contributed by atoms with Gasteiger partial charge in [0, 0.05) is 13.1 Å². The van der Waals surface area contributed by atoms with Gasteiger partial charge in [-0.1, -0.05) is 17.7 Å². The second-order valence-electron chi connectivity index (χ2n) is 4.25. The van der Waals surface area contributed by atoms with Gasteiger partial charge >= 0.3 is 0 Å². The number of benzene rings is 1. The Hall–Kier alpha value is -0.920. The molecule has 0 unspecified atom stereocenters. The van der Waals surface area contributed by atoms with Crippen LogP contribution in [0.4, 0.5) is 0 Å². The maximum Gasteiger partial charge on any atom is 0.242 e. The highest BCUT2D eigenvalue weighted by atomic mass is 35.5. The third-order valence-corrected chi connectivity index (χ3v) is 5.33. The number of thiophene rings is 1. The summed E-state index contributed by atoms with van der Waals surface area (Å²) in [7, 11) is -1.81. The average Bonchev–Trinajstić information content (AvgIpc) is 2.92. The molecule has 0 radical (unpaired) electrons. The van der Waals surface area contributed by atoms with Crippen LogP contribution >= 0.6 is 22.9 Å². The lowest BCUT2D eigenvalue weighted by Crippen LogP contribution is -2.23. The predicted octanol–water partition coefficient (Wildman–Crippen LogP) is 2.60. The number of rotatable bonds is 6. The van der Waals surface area contributed by atoms with Gasteiger partial charge in [0.05, 0.1) is 5.02 Å². The van der Waals surface area contributed by atoms with E-state index < -0.39 is 10.0 Å². The van der Waals surface area contributed by atoms with E-state index in [-0.39, 0.29) is 16.5 Å². The standard InChI is InChI=1S/C13H15ClN2O2S2/c1-15-7-10-2-3-12(14)13(6-10)20(17,18)16-8-11-4-5-19-9-11/h2-6,9,15-16H,7-8H2,1H3. The van der Waals surface area contributed by atoms with Gasteiger partial charge in [-0.15, -0.1) is 0 Å². The fourth-order valence-corrected chi connectivity index (χ4v) is 3.95. The van der Waals surface area contributed by atoms with E-state index in [9.17, 15) is 8.42 Å². The molecule has 2 aromatic rings. The Balaban J connectivity index is 2.21. The Bertz CT molecular complexity index is 670. The highest BCUT2D eigenvalue weighted by Crippen LogP contribution is 2.23. The molecule has 108 valence electrons. The molecule has 7 heteroatoms. The quantitative estimate of drug-likeness (QED) is 0.856. The zero-order chi connectivity index (χ0) is 14.6. The smallest absolute Gasteiger partial charge is 0.242 e. The van der Waals surface area contributed by atoms with Gasteiger partial charge in [-0.05, 0) is 47.1 Å². The topological polar surface area (TPSA) is 58.2 Å². The van der Waals surface area contributed by atoms with Crippen LogP contribution < -0.4 is 10.0 Å². The van der Waals surface area contributed by atoms with Crippen LogP contribution in [0.1, 0.15) is 11.1 Å². The lowest BCUT2D eigenvalue weighted by Gasteiger charge is -2.09. The van der Waals surface area contributed by atoms with Crippen LogP contribution in [0.15, 0.2) is 39.9 Å². The van der Waals surface area contributed by atoms with Crippen molar-refractivity contribution in [2.75, 3.05) is 7.05 Å². The minimum atomic E-state index is -3.61. The van der Waals surface area contributed by atoms with Gasteiger partial charge in [-0.25, -0.2) is 13.1 Å². The Morgan fingerprint density at radius 3 is 2.65 bits per heavy atom. The van der Waals surface area contributed by atoms with Crippen molar-refractivity contribution < 1.29 is 8.42 Å². The molecular formula is C13H15ClN2O2S2. The SMILES string of the molecule is CNCc1ccc(Cl)c(S(=O)(=O)NCc2ccsc2)c1. The molecule has 1 aromatic heterocycles.